The molecule has 0 aromatic carbocycles. The van der Waals surface area contributed by atoms with E-state index in [9.17, 15) is 4.79 Å². The highest BCUT2D eigenvalue weighted by Crippen LogP contribution is 2.26. The van der Waals surface area contributed by atoms with Crippen molar-refractivity contribution in [3.8, 4) is 0 Å². The predicted molar refractivity (Wildman–Crippen MR) is 70.2 cm³/mol. The van der Waals surface area contributed by atoms with Crippen LogP contribution < -0.4 is 11.1 Å². The van der Waals surface area contributed by atoms with Crippen molar-refractivity contribution >= 4 is 6.09 Å². The highest BCUT2D eigenvalue weighted by atomic mass is 16.6. The number of ether oxygens (including phenoxy) is 1. The lowest BCUT2D eigenvalue weighted by Crippen LogP contribution is -2.43. The molecule has 1 rings (SSSR count). The molecule has 0 aliphatic heterocycles. The molecule has 1 unspecified atom stereocenters. The molecule has 0 heterocycles. The normalized spacial score (nSPS) is 26.5. The minimum Gasteiger partial charge on any atom is -0.444 e. The van der Waals surface area contributed by atoms with Gasteiger partial charge in [-0.1, -0.05) is 0 Å². The third-order valence-electron chi connectivity index (χ3n) is 3.31. The van der Waals surface area contributed by atoms with E-state index >= 15 is 0 Å². The van der Waals surface area contributed by atoms with Crippen molar-refractivity contribution in [1.82, 2.24) is 5.32 Å². The quantitative estimate of drug-likeness (QED) is 0.714. The monoisotopic (exact) mass is 258 g/mol. The average Bonchev–Trinajstić information content (AvgIpc) is 2.26. The van der Waals surface area contributed by atoms with Gasteiger partial charge in [-0.05, 0) is 52.4 Å². The van der Waals surface area contributed by atoms with Crippen LogP contribution in [0.5, 0.6) is 0 Å². The summed E-state index contributed by atoms with van der Waals surface area (Å²) >= 11 is 0. The Bertz CT molecular complexity index is 268. The van der Waals surface area contributed by atoms with E-state index in [2.05, 4.69) is 5.32 Å². The molecule has 0 saturated heterocycles. The maximum atomic E-state index is 11.6. The average molecular weight is 258 g/mol. The molecule has 0 aromatic heterocycles. The van der Waals surface area contributed by atoms with E-state index < -0.39 is 5.60 Å². The highest BCUT2D eigenvalue weighted by molar-refractivity contribution is 5.68. The Morgan fingerprint density at radius 3 is 2.39 bits per heavy atom. The third kappa shape index (κ3) is 5.23. The van der Waals surface area contributed by atoms with Gasteiger partial charge in [0.15, 0.2) is 0 Å². The second-order valence-electron chi connectivity index (χ2n) is 6.10. The topological polar surface area (TPSA) is 84.6 Å². The van der Waals surface area contributed by atoms with Crippen LogP contribution in [0.4, 0.5) is 4.79 Å². The van der Waals surface area contributed by atoms with Gasteiger partial charge in [0.25, 0.3) is 0 Å². The number of hydrogen-bond donors (Lipinski definition) is 3. The summed E-state index contributed by atoms with van der Waals surface area (Å²) < 4.78 is 5.22. The van der Waals surface area contributed by atoms with E-state index in [4.69, 9.17) is 15.6 Å². The number of alkyl carbamates (subject to hydrolysis) is 1. The zero-order chi connectivity index (χ0) is 13.8. The maximum absolute atomic E-state index is 11.6. The Morgan fingerprint density at radius 1 is 1.39 bits per heavy atom. The summed E-state index contributed by atoms with van der Waals surface area (Å²) in [5, 5.41) is 11.9. The second-order valence-corrected chi connectivity index (χ2v) is 6.10. The van der Waals surface area contributed by atoms with Crippen LogP contribution >= 0.6 is 0 Å². The number of aliphatic hydroxyl groups excluding tert-OH is 1. The van der Waals surface area contributed by atoms with E-state index in [1.165, 1.54) is 0 Å². The summed E-state index contributed by atoms with van der Waals surface area (Å²) in [6.07, 6.45) is 3.34. The zero-order valence-corrected chi connectivity index (χ0v) is 11.6. The minimum absolute atomic E-state index is 0.0365. The van der Waals surface area contributed by atoms with Crippen molar-refractivity contribution in [3.63, 3.8) is 0 Å². The number of amides is 1. The lowest BCUT2D eigenvalue weighted by atomic mass is 9.82. The first kappa shape index (κ1) is 15.2. The van der Waals surface area contributed by atoms with Crippen molar-refractivity contribution in [2.45, 2.75) is 64.1 Å². The van der Waals surface area contributed by atoms with E-state index in [1.807, 2.05) is 20.8 Å². The molecule has 1 atom stereocenters. The molecule has 4 N–H and O–H groups in total. The lowest BCUT2D eigenvalue weighted by molar-refractivity contribution is 0.0483. The van der Waals surface area contributed by atoms with Gasteiger partial charge in [-0.3, -0.25) is 0 Å². The van der Waals surface area contributed by atoms with Gasteiger partial charge in [-0.25, -0.2) is 4.79 Å². The third-order valence-corrected chi connectivity index (χ3v) is 3.31. The van der Waals surface area contributed by atoms with Crippen LogP contribution in [-0.4, -0.2) is 35.5 Å². The van der Waals surface area contributed by atoms with Gasteiger partial charge in [0, 0.05) is 12.1 Å². The molecule has 1 aliphatic rings. The largest absolute Gasteiger partial charge is 0.444 e. The van der Waals surface area contributed by atoms with E-state index in [0.717, 1.165) is 25.7 Å². The number of carbonyl (C=O) groups excluding carboxylic acids is 1. The summed E-state index contributed by atoms with van der Waals surface area (Å²) in [7, 11) is 0. The van der Waals surface area contributed by atoms with E-state index in [-0.39, 0.29) is 24.8 Å². The van der Waals surface area contributed by atoms with Crippen molar-refractivity contribution in [2.75, 3.05) is 6.61 Å². The fraction of sp³-hybridized carbons (Fsp3) is 0.923. The first-order chi connectivity index (χ1) is 8.31. The molecule has 1 saturated carbocycles. The predicted octanol–water partition coefficient (Wildman–Crippen LogP) is 1.39. The number of rotatable bonds is 3. The Morgan fingerprint density at radius 2 is 1.94 bits per heavy atom. The van der Waals surface area contributed by atoms with Gasteiger partial charge in [-0.15, -0.1) is 0 Å². The second kappa shape index (κ2) is 6.38. The summed E-state index contributed by atoms with van der Waals surface area (Å²) in [5.74, 6) is 0.367. The SMILES string of the molecule is CC(C)(C)OC(=O)NC1CCC(C(N)CO)CC1. The summed E-state index contributed by atoms with van der Waals surface area (Å²) in [5.41, 5.74) is 5.36. The molecule has 1 aliphatic carbocycles. The standard InChI is InChI=1S/C13H26N2O3/c1-13(2,3)18-12(17)15-10-6-4-9(5-7-10)11(14)8-16/h9-11,16H,4-8,14H2,1-3H3,(H,15,17). The van der Waals surface area contributed by atoms with E-state index in [0.29, 0.717) is 5.92 Å². The Kier molecular flexibility index (Phi) is 5.41. The number of aliphatic hydroxyl groups is 1. The van der Waals surface area contributed by atoms with E-state index in [1.54, 1.807) is 0 Å². The molecule has 106 valence electrons. The molecule has 0 radical (unpaired) electrons. The molecular weight excluding hydrogens is 232 g/mol. The number of nitrogens with one attached hydrogen (secondary N) is 1. The van der Waals surface area contributed by atoms with Crippen LogP contribution in [0.15, 0.2) is 0 Å². The molecule has 1 amide bonds. The zero-order valence-electron chi connectivity index (χ0n) is 11.6. The Labute approximate surface area is 109 Å². The fourth-order valence-electron chi connectivity index (χ4n) is 2.31. The van der Waals surface area contributed by atoms with Crippen LogP contribution in [0, 0.1) is 5.92 Å². The molecule has 0 aromatic rings. The molecule has 5 heteroatoms. The van der Waals surface area contributed by atoms with Gasteiger partial charge < -0.3 is 20.9 Å². The van der Waals surface area contributed by atoms with Crippen molar-refractivity contribution in [3.05, 3.63) is 0 Å². The summed E-state index contributed by atoms with van der Waals surface area (Å²) in [4.78, 5) is 11.6. The molecular formula is C13H26N2O3. The Hall–Kier alpha value is -0.810. The van der Waals surface area contributed by atoms with Gasteiger partial charge in [0.1, 0.15) is 5.60 Å². The van der Waals surface area contributed by atoms with Crippen LogP contribution in [0.3, 0.4) is 0 Å². The molecule has 1 fully saturated rings. The Balaban J connectivity index is 2.29. The molecule has 0 spiro atoms. The first-order valence-electron chi connectivity index (χ1n) is 6.68. The summed E-state index contributed by atoms with van der Waals surface area (Å²) in [6, 6.07) is 0.0365. The van der Waals surface area contributed by atoms with Gasteiger partial charge in [-0.2, -0.15) is 0 Å². The number of nitrogens with two attached hydrogens (primary N) is 1. The number of carbonyl (C=O) groups is 1. The van der Waals surface area contributed by atoms with Crippen molar-refractivity contribution < 1.29 is 14.6 Å². The maximum Gasteiger partial charge on any atom is 0.407 e. The first-order valence-corrected chi connectivity index (χ1v) is 6.68. The van der Waals surface area contributed by atoms with Crippen LogP contribution in [0.2, 0.25) is 0 Å². The molecule has 5 nitrogen and oxygen atoms in total. The smallest absolute Gasteiger partial charge is 0.407 e. The van der Waals surface area contributed by atoms with Crippen LogP contribution in [0.1, 0.15) is 46.5 Å². The van der Waals surface area contributed by atoms with Crippen LogP contribution in [-0.2, 0) is 4.74 Å². The van der Waals surface area contributed by atoms with Crippen molar-refractivity contribution in [1.29, 1.82) is 0 Å². The molecule has 0 bridgehead atoms. The van der Waals surface area contributed by atoms with Crippen LogP contribution in [0.25, 0.3) is 0 Å². The minimum atomic E-state index is -0.458. The lowest BCUT2D eigenvalue weighted by Gasteiger charge is -2.32. The van der Waals surface area contributed by atoms with Gasteiger partial charge in [0.05, 0.1) is 6.61 Å². The van der Waals surface area contributed by atoms with Crippen molar-refractivity contribution in [2.24, 2.45) is 11.7 Å². The summed E-state index contributed by atoms with van der Waals surface area (Å²) in [6.45, 7) is 5.59. The van der Waals surface area contributed by atoms with Gasteiger partial charge in [0.2, 0.25) is 0 Å². The van der Waals surface area contributed by atoms with Gasteiger partial charge >= 0.3 is 6.09 Å². The number of hydrogen-bond acceptors (Lipinski definition) is 4. The highest BCUT2D eigenvalue weighted by Gasteiger charge is 2.27. The molecule has 18 heavy (non-hydrogen) atoms. The fourth-order valence-corrected chi connectivity index (χ4v) is 2.31.